The van der Waals surface area contributed by atoms with Crippen LogP contribution in [0.5, 0.6) is 5.75 Å². The van der Waals surface area contributed by atoms with E-state index in [0.717, 1.165) is 0 Å². The van der Waals surface area contributed by atoms with Crippen LogP contribution in [0, 0.1) is 16.2 Å². The number of nitroso groups, excluding NO2 is 1. The van der Waals surface area contributed by atoms with Gasteiger partial charge in [0.15, 0.2) is 0 Å². The lowest BCUT2D eigenvalue weighted by Gasteiger charge is -2.05. The largest absolute Gasteiger partial charge is 0.506 e. The third kappa shape index (κ3) is 2.45. The van der Waals surface area contributed by atoms with Crippen molar-refractivity contribution in [3.63, 3.8) is 0 Å². The number of anilines is 1. The van der Waals surface area contributed by atoms with E-state index in [1.165, 1.54) is 18.2 Å². The van der Waals surface area contributed by atoms with Gasteiger partial charge in [-0.25, -0.2) is 0 Å². The number of aromatic hydroxyl groups is 1. The van der Waals surface area contributed by atoms with E-state index >= 15 is 0 Å². The number of phenols is 1. The number of hydrogen-bond donors (Lipinski definition) is 2. The normalized spacial score (nSPS) is 9.07. The first kappa shape index (κ1) is 9.99. The van der Waals surface area contributed by atoms with Gasteiger partial charge in [0.1, 0.15) is 11.4 Å². The molecule has 1 aromatic rings. The Labute approximate surface area is 81.0 Å². The van der Waals surface area contributed by atoms with E-state index in [1.807, 2.05) is 6.07 Å². The van der Waals surface area contributed by atoms with Crippen LogP contribution in [0.2, 0.25) is 0 Å². The fourth-order valence-corrected chi connectivity index (χ4v) is 0.975. The van der Waals surface area contributed by atoms with Crippen LogP contribution in [-0.2, 0) is 0 Å². The highest BCUT2D eigenvalue weighted by atomic mass is 16.3. The molecule has 0 radical (unpaired) electrons. The number of nitrogens with zero attached hydrogens (tertiary/aromatic N) is 2. The monoisotopic (exact) mass is 191 g/mol. The van der Waals surface area contributed by atoms with E-state index in [1.54, 1.807) is 0 Å². The molecular weight excluding hydrogens is 182 g/mol. The van der Waals surface area contributed by atoms with Crippen molar-refractivity contribution in [2.24, 2.45) is 5.18 Å². The van der Waals surface area contributed by atoms with Gasteiger partial charge in [0.25, 0.3) is 0 Å². The summed E-state index contributed by atoms with van der Waals surface area (Å²) in [4.78, 5) is 10.2. The van der Waals surface area contributed by atoms with Gasteiger partial charge < -0.3 is 10.4 Å². The average Bonchev–Trinajstić information content (AvgIpc) is 2.21. The minimum Gasteiger partial charge on any atom is -0.506 e. The summed E-state index contributed by atoms with van der Waals surface area (Å²) in [5.41, 5.74) is 0.652. The number of nitriles is 1. The molecule has 0 aromatic heterocycles. The Morgan fingerprint density at radius 3 is 3.00 bits per heavy atom. The average molecular weight is 191 g/mol. The minimum atomic E-state index is 0.0374. The van der Waals surface area contributed by atoms with Gasteiger partial charge in [0.05, 0.1) is 18.2 Å². The predicted octanol–water partition coefficient (Wildman–Crippen LogP) is 2.12. The molecule has 0 saturated heterocycles. The Balaban J connectivity index is 2.74. The fraction of sp³-hybridized carbons (Fsp3) is 0.222. The van der Waals surface area contributed by atoms with Crippen molar-refractivity contribution >= 4 is 11.4 Å². The van der Waals surface area contributed by atoms with Crippen LogP contribution < -0.4 is 5.32 Å². The first-order valence-electron chi connectivity index (χ1n) is 4.05. The topological polar surface area (TPSA) is 85.5 Å². The van der Waals surface area contributed by atoms with Crippen molar-refractivity contribution in [2.75, 3.05) is 11.9 Å². The summed E-state index contributed by atoms with van der Waals surface area (Å²) >= 11 is 0. The first-order chi connectivity index (χ1) is 6.77. The van der Waals surface area contributed by atoms with Gasteiger partial charge in [-0.15, -0.1) is 4.91 Å². The maximum atomic E-state index is 10.2. The summed E-state index contributed by atoms with van der Waals surface area (Å²) in [6, 6.07) is 6.18. The predicted molar refractivity (Wildman–Crippen MR) is 52.3 cm³/mol. The van der Waals surface area contributed by atoms with Crippen molar-refractivity contribution in [2.45, 2.75) is 6.42 Å². The third-order valence-electron chi connectivity index (χ3n) is 1.64. The highest BCUT2D eigenvalue weighted by molar-refractivity contribution is 5.62. The first-order valence-corrected chi connectivity index (χ1v) is 4.05. The summed E-state index contributed by atoms with van der Waals surface area (Å²) in [7, 11) is 0. The number of hydrogen-bond acceptors (Lipinski definition) is 5. The van der Waals surface area contributed by atoms with E-state index in [0.29, 0.717) is 18.7 Å². The lowest BCUT2D eigenvalue weighted by atomic mass is 10.2. The molecule has 1 aromatic carbocycles. The van der Waals surface area contributed by atoms with Crippen LogP contribution in [0.1, 0.15) is 6.42 Å². The van der Waals surface area contributed by atoms with Gasteiger partial charge in [0.2, 0.25) is 0 Å². The molecule has 0 heterocycles. The van der Waals surface area contributed by atoms with Gasteiger partial charge in [0, 0.05) is 6.54 Å². The highest BCUT2D eigenvalue weighted by Gasteiger charge is 2.01. The zero-order chi connectivity index (χ0) is 10.4. The molecule has 0 aliphatic rings. The van der Waals surface area contributed by atoms with Crippen molar-refractivity contribution in [3.8, 4) is 11.8 Å². The van der Waals surface area contributed by atoms with Crippen LogP contribution in [0.4, 0.5) is 11.4 Å². The van der Waals surface area contributed by atoms with Crippen LogP contribution in [0.25, 0.3) is 0 Å². The maximum absolute atomic E-state index is 10.2. The van der Waals surface area contributed by atoms with Crippen molar-refractivity contribution in [1.82, 2.24) is 0 Å². The highest BCUT2D eigenvalue weighted by Crippen LogP contribution is 2.27. The number of nitrogens with one attached hydrogen (secondary N) is 1. The number of rotatable bonds is 4. The fourth-order valence-electron chi connectivity index (χ4n) is 0.975. The molecule has 1 rings (SSSR count). The third-order valence-corrected chi connectivity index (χ3v) is 1.64. The van der Waals surface area contributed by atoms with Crippen LogP contribution in [-0.4, -0.2) is 11.7 Å². The molecule has 0 aliphatic heterocycles. The second-order valence-electron chi connectivity index (χ2n) is 2.63. The summed E-state index contributed by atoms with van der Waals surface area (Å²) in [6.07, 6.45) is 0.332. The van der Waals surface area contributed by atoms with Gasteiger partial charge in [-0.05, 0) is 23.4 Å². The summed E-state index contributed by atoms with van der Waals surface area (Å²) in [5.74, 6) is 0.0374. The van der Waals surface area contributed by atoms with Gasteiger partial charge >= 0.3 is 0 Å². The Morgan fingerprint density at radius 1 is 1.57 bits per heavy atom. The SMILES string of the molecule is N#CCCNc1cc(N=O)ccc1O. The van der Waals surface area contributed by atoms with Gasteiger partial charge in [-0.2, -0.15) is 5.26 Å². The van der Waals surface area contributed by atoms with Gasteiger partial charge in [-0.1, -0.05) is 0 Å². The lowest BCUT2D eigenvalue weighted by Crippen LogP contribution is -2.00. The molecule has 0 atom stereocenters. The quantitative estimate of drug-likeness (QED) is 0.433. The standard InChI is InChI=1S/C9H9N3O2/c10-4-1-5-11-8-6-7(12-14)2-3-9(8)13/h2-3,6,11,13H,1,5H2. The molecule has 0 amide bonds. The molecular formula is C9H9N3O2. The van der Waals surface area contributed by atoms with E-state index < -0.39 is 0 Å². The van der Waals surface area contributed by atoms with Crippen LogP contribution >= 0.6 is 0 Å². The van der Waals surface area contributed by atoms with Crippen LogP contribution in [0.15, 0.2) is 23.4 Å². The zero-order valence-electron chi connectivity index (χ0n) is 7.40. The van der Waals surface area contributed by atoms with Crippen LogP contribution in [0.3, 0.4) is 0 Å². The molecule has 72 valence electrons. The second-order valence-corrected chi connectivity index (χ2v) is 2.63. The zero-order valence-corrected chi connectivity index (χ0v) is 7.40. The Morgan fingerprint density at radius 2 is 2.36 bits per heavy atom. The molecule has 5 nitrogen and oxygen atoms in total. The Bertz CT molecular complexity index is 371. The molecule has 5 heteroatoms. The molecule has 0 spiro atoms. The maximum Gasteiger partial charge on any atom is 0.138 e. The molecule has 0 saturated carbocycles. The molecule has 0 aliphatic carbocycles. The number of phenolic OH excluding ortho intramolecular Hbond substituents is 1. The summed E-state index contributed by atoms with van der Waals surface area (Å²) in [5, 5.41) is 23.2. The molecule has 0 fully saturated rings. The van der Waals surface area contributed by atoms with E-state index in [-0.39, 0.29) is 11.4 Å². The van der Waals surface area contributed by atoms with E-state index in [9.17, 15) is 10.0 Å². The van der Waals surface area contributed by atoms with Crippen molar-refractivity contribution in [3.05, 3.63) is 23.1 Å². The summed E-state index contributed by atoms with van der Waals surface area (Å²) in [6.45, 7) is 0.423. The van der Waals surface area contributed by atoms with Crippen molar-refractivity contribution in [1.29, 1.82) is 5.26 Å². The van der Waals surface area contributed by atoms with E-state index in [4.69, 9.17) is 5.26 Å². The molecule has 0 bridgehead atoms. The van der Waals surface area contributed by atoms with E-state index in [2.05, 4.69) is 10.5 Å². The second kappa shape index (κ2) is 4.82. The Hall–Kier alpha value is -2.09. The molecule has 0 unspecified atom stereocenters. The number of benzene rings is 1. The Kier molecular flexibility index (Phi) is 3.44. The smallest absolute Gasteiger partial charge is 0.138 e. The van der Waals surface area contributed by atoms with Gasteiger partial charge in [-0.3, -0.25) is 0 Å². The van der Waals surface area contributed by atoms with Crippen molar-refractivity contribution < 1.29 is 5.11 Å². The lowest BCUT2D eigenvalue weighted by molar-refractivity contribution is 0.477. The molecule has 14 heavy (non-hydrogen) atoms. The summed E-state index contributed by atoms with van der Waals surface area (Å²) < 4.78 is 0. The molecule has 2 N–H and O–H groups in total. The minimum absolute atomic E-state index is 0.0374.